The van der Waals surface area contributed by atoms with Crippen molar-refractivity contribution in [2.75, 3.05) is 5.32 Å². The Bertz CT molecular complexity index is 689. The van der Waals surface area contributed by atoms with Crippen LogP contribution < -0.4 is 5.32 Å². The van der Waals surface area contributed by atoms with Gasteiger partial charge in [-0.1, -0.05) is 28.1 Å². The van der Waals surface area contributed by atoms with Crippen LogP contribution in [-0.4, -0.2) is 0 Å². The van der Waals surface area contributed by atoms with Crippen LogP contribution in [-0.2, 0) is 0 Å². The molecule has 4 heteroatoms. The number of allylic oxidation sites excluding steroid dienone is 1. The summed E-state index contributed by atoms with van der Waals surface area (Å²) in [4.78, 5) is 0. The number of halogens is 1. The molecule has 0 radical (unpaired) electrons. The maximum atomic E-state index is 8.62. The van der Waals surface area contributed by atoms with Crippen molar-refractivity contribution in [1.82, 2.24) is 0 Å². The standard InChI is InChI=1S/C14H8BrN3/c15-13-3-1-12-6-14(4-2-11(12)5-13)18-9-10(7-16)8-17/h1-6,9,18H. The summed E-state index contributed by atoms with van der Waals surface area (Å²) in [5.41, 5.74) is 0.888. The van der Waals surface area contributed by atoms with Crippen molar-refractivity contribution in [1.29, 1.82) is 10.5 Å². The molecule has 0 heterocycles. The predicted octanol–water partition coefficient (Wildman–Crippen LogP) is 3.95. The molecule has 0 bridgehead atoms. The summed E-state index contributed by atoms with van der Waals surface area (Å²) < 4.78 is 1.03. The molecule has 0 aliphatic rings. The van der Waals surface area contributed by atoms with Gasteiger partial charge in [-0.3, -0.25) is 0 Å². The SMILES string of the molecule is N#CC(C#N)=CNc1ccc2cc(Br)ccc2c1. The van der Waals surface area contributed by atoms with Gasteiger partial charge in [0.05, 0.1) is 0 Å². The lowest BCUT2D eigenvalue weighted by Crippen LogP contribution is -1.89. The van der Waals surface area contributed by atoms with E-state index in [4.69, 9.17) is 10.5 Å². The maximum absolute atomic E-state index is 8.62. The van der Waals surface area contributed by atoms with Crippen LogP contribution in [0, 0.1) is 22.7 Å². The Morgan fingerprint density at radius 2 is 1.72 bits per heavy atom. The van der Waals surface area contributed by atoms with Crippen molar-refractivity contribution >= 4 is 32.4 Å². The molecule has 0 aliphatic heterocycles. The summed E-state index contributed by atoms with van der Waals surface area (Å²) >= 11 is 3.42. The number of rotatable bonds is 2. The topological polar surface area (TPSA) is 59.6 Å². The Morgan fingerprint density at radius 1 is 1.06 bits per heavy atom. The molecule has 0 fully saturated rings. The zero-order valence-corrected chi connectivity index (χ0v) is 10.9. The molecule has 0 amide bonds. The number of fused-ring (bicyclic) bond motifs is 1. The average Bonchev–Trinajstić information content (AvgIpc) is 2.40. The van der Waals surface area contributed by atoms with Crippen LogP contribution in [0.25, 0.3) is 10.8 Å². The Morgan fingerprint density at radius 3 is 2.44 bits per heavy atom. The van der Waals surface area contributed by atoms with Gasteiger partial charge >= 0.3 is 0 Å². The van der Waals surface area contributed by atoms with E-state index in [9.17, 15) is 0 Å². The minimum atomic E-state index is 0.0471. The zero-order valence-electron chi connectivity index (χ0n) is 9.31. The summed E-state index contributed by atoms with van der Waals surface area (Å²) in [6.07, 6.45) is 1.40. The van der Waals surface area contributed by atoms with Gasteiger partial charge in [0.1, 0.15) is 17.7 Å². The highest BCUT2D eigenvalue weighted by Gasteiger charge is 1.97. The minimum Gasteiger partial charge on any atom is -0.360 e. The van der Waals surface area contributed by atoms with Crippen LogP contribution in [0.2, 0.25) is 0 Å². The summed E-state index contributed by atoms with van der Waals surface area (Å²) in [7, 11) is 0. The highest BCUT2D eigenvalue weighted by molar-refractivity contribution is 9.10. The molecule has 86 valence electrons. The molecule has 0 atom stereocenters. The number of nitriles is 2. The monoisotopic (exact) mass is 297 g/mol. The molecule has 0 saturated carbocycles. The maximum Gasteiger partial charge on any atom is 0.145 e. The second kappa shape index (κ2) is 5.35. The van der Waals surface area contributed by atoms with Gasteiger partial charge in [0.2, 0.25) is 0 Å². The smallest absolute Gasteiger partial charge is 0.145 e. The molecule has 0 spiro atoms. The Labute approximate surface area is 113 Å². The number of nitrogens with one attached hydrogen (secondary N) is 1. The zero-order chi connectivity index (χ0) is 13.0. The summed E-state index contributed by atoms with van der Waals surface area (Å²) in [6.45, 7) is 0. The number of hydrogen-bond donors (Lipinski definition) is 1. The van der Waals surface area contributed by atoms with E-state index in [1.807, 2.05) is 36.4 Å². The first-order valence-corrected chi connectivity index (χ1v) is 5.98. The lowest BCUT2D eigenvalue weighted by Gasteiger charge is -2.03. The number of nitrogens with zero attached hydrogens (tertiary/aromatic N) is 2. The van der Waals surface area contributed by atoms with Crippen LogP contribution >= 0.6 is 15.9 Å². The predicted molar refractivity (Wildman–Crippen MR) is 74.6 cm³/mol. The lowest BCUT2D eigenvalue weighted by atomic mass is 10.1. The fraction of sp³-hybridized carbons (Fsp3) is 0. The molecule has 0 unspecified atom stereocenters. The molecule has 2 aromatic rings. The first kappa shape index (κ1) is 12.2. The molecule has 18 heavy (non-hydrogen) atoms. The van der Waals surface area contributed by atoms with E-state index >= 15 is 0 Å². The van der Waals surface area contributed by atoms with Gasteiger partial charge in [-0.15, -0.1) is 0 Å². The third-order valence-corrected chi connectivity index (χ3v) is 2.92. The van der Waals surface area contributed by atoms with Gasteiger partial charge < -0.3 is 5.32 Å². The van der Waals surface area contributed by atoms with Crippen molar-refractivity contribution in [2.24, 2.45) is 0 Å². The Kier molecular flexibility index (Phi) is 3.62. The first-order valence-electron chi connectivity index (χ1n) is 5.19. The normalized spacial score (nSPS) is 9.28. The van der Waals surface area contributed by atoms with Gasteiger partial charge in [0, 0.05) is 16.4 Å². The van der Waals surface area contributed by atoms with Crippen molar-refractivity contribution in [3.05, 3.63) is 52.6 Å². The molecule has 3 nitrogen and oxygen atoms in total. The molecule has 2 aromatic carbocycles. The van der Waals surface area contributed by atoms with E-state index in [-0.39, 0.29) is 5.57 Å². The van der Waals surface area contributed by atoms with Crippen molar-refractivity contribution in [3.8, 4) is 12.1 Å². The van der Waals surface area contributed by atoms with Gasteiger partial charge in [-0.25, -0.2) is 0 Å². The largest absolute Gasteiger partial charge is 0.360 e. The molecule has 0 aliphatic carbocycles. The van der Waals surface area contributed by atoms with Crippen molar-refractivity contribution < 1.29 is 0 Å². The molecule has 1 N–H and O–H groups in total. The number of anilines is 1. The highest BCUT2D eigenvalue weighted by Crippen LogP contribution is 2.23. The van der Waals surface area contributed by atoms with E-state index in [2.05, 4.69) is 21.2 Å². The summed E-state index contributed by atoms with van der Waals surface area (Å²) in [5.74, 6) is 0. The fourth-order valence-electron chi connectivity index (χ4n) is 1.55. The van der Waals surface area contributed by atoms with Crippen LogP contribution in [0.3, 0.4) is 0 Å². The van der Waals surface area contributed by atoms with Gasteiger partial charge in [0.15, 0.2) is 0 Å². The van der Waals surface area contributed by atoms with Crippen molar-refractivity contribution in [2.45, 2.75) is 0 Å². The molecule has 2 rings (SSSR count). The summed E-state index contributed by atoms with van der Waals surface area (Å²) in [5, 5.41) is 22.4. The fourth-order valence-corrected chi connectivity index (χ4v) is 1.93. The Hall–Kier alpha value is -2.30. The van der Waals surface area contributed by atoms with E-state index in [0.717, 1.165) is 20.9 Å². The molecular weight excluding hydrogens is 290 g/mol. The van der Waals surface area contributed by atoms with Gasteiger partial charge in [0.25, 0.3) is 0 Å². The quantitative estimate of drug-likeness (QED) is 0.854. The van der Waals surface area contributed by atoms with Gasteiger partial charge in [-0.05, 0) is 35.0 Å². The molecule has 0 aromatic heterocycles. The van der Waals surface area contributed by atoms with Crippen molar-refractivity contribution in [3.63, 3.8) is 0 Å². The second-order valence-electron chi connectivity index (χ2n) is 3.63. The number of benzene rings is 2. The molecule has 0 saturated heterocycles. The van der Waals surface area contributed by atoms with Crippen LogP contribution in [0.4, 0.5) is 5.69 Å². The van der Waals surface area contributed by atoms with Gasteiger partial charge in [-0.2, -0.15) is 10.5 Å². The third-order valence-electron chi connectivity index (χ3n) is 2.43. The number of hydrogen-bond acceptors (Lipinski definition) is 3. The van der Waals surface area contributed by atoms with Crippen LogP contribution in [0.5, 0.6) is 0 Å². The minimum absolute atomic E-state index is 0.0471. The Balaban J connectivity index is 2.32. The van der Waals surface area contributed by atoms with Crippen LogP contribution in [0.15, 0.2) is 52.6 Å². The highest BCUT2D eigenvalue weighted by atomic mass is 79.9. The average molecular weight is 298 g/mol. The van der Waals surface area contributed by atoms with E-state index in [1.165, 1.54) is 6.20 Å². The third kappa shape index (κ3) is 2.68. The molecular formula is C14H8BrN3. The van der Waals surface area contributed by atoms with E-state index < -0.39 is 0 Å². The second-order valence-corrected chi connectivity index (χ2v) is 4.55. The summed E-state index contributed by atoms with van der Waals surface area (Å²) in [6, 6.07) is 15.4. The van der Waals surface area contributed by atoms with Crippen LogP contribution in [0.1, 0.15) is 0 Å². The first-order chi connectivity index (χ1) is 8.72. The van der Waals surface area contributed by atoms with E-state index in [0.29, 0.717) is 0 Å². The van der Waals surface area contributed by atoms with E-state index in [1.54, 1.807) is 12.1 Å². The lowest BCUT2D eigenvalue weighted by molar-refractivity contribution is 1.44.